The van der Waals surface area contributed by atoms with Crippen molar-refractivity contribution in [2.45, 2.75) is 13.2 Å². The first-order valence-corrected chi connectivity index (χ1v) is 7.76. The summed E-state index contributed by atoms with van der Waals surface area (Å²) in [5.74, 6) is 1.11. The van der Waals surface area contributed by atoms with Crippen molar-refractivity contribution in [1.82, 2.24) is 0 Å². The molecule has 0 saturated carbocycles. The third kappa shape index (κ3) is 4.14. The van der Waals surface area contributed by atoms with Gasteiger partial charge < -0.3 is 24.8 Å². The van der Waals surface area contributed by atoms with E-state index < -0.39 is 0 Å². The normalized spacial score (nSPS) is 10.4. The minimum Gasteiger partial charge on any atom is -0.508 e. The molecule has 5 nitrogen and oxygen atoms in total. The van der Waals surface area contributed by atoms with Crippen molar-refractivity contribution in [3.63, 3.8) is 0 Å². The second-order valence-corrected chi connectivity index (χ2v) is 5.47. The van der Waals surface area contributed by atoms with E-state index in [0.29, 0.717) is 22.6 Å². The lowest BCUT2D eigenvalue weighted by Gasteiger charge is -2.14. The second-order valence-electron chi connectivity index (χ2n) is 5.47. The van der Waals surface area contributed by atoms with Crippen LogP contribution in [0.1, 0.15) is 11.1 Å². The van der Waals surface area contributed by atoms with E-state index in [2.05, 4.69) is 0 Å². The minimum atomic E-state index is 0.0437. The highest BCUT2D eigenvalue weighted by Crippen LogP contribution is 2.33. The molecule has 128 valence electrons. The summed E-state index contributed by atoms with van der Waals surface area (Å²) in [4.78, 5) is 0. The Balaban J connectivity index is 1.74. The van der Waals surface area contributed by atoms with Crippen molar-refractivity contribution < 1.29 is 24.8 Å². The predicted molar refractivity (Wildman–Crippen MR) is 93.0 cm³/mol. The molecule has 0 fully saturated rings. The van der Waals surface area contributed by atoms with Gasteiger partial charge in [0.2, 0.25) is 0 Å². The van der Waals surface area contributed by atoms with Gasteiger partial charge in [-0.05, 0) is 24.3 Å². The van der Waals surface area contributed by atoms with Crippen molar-refractivity contribution in [2.75, 3.05) is 0 Å². The summed E-state index contributed by atoms with van der Waals surface area (Å²) in [6, 6.07) is 18.3. The second kappa shape index (κ2) is 7.49. The molecule has 3 N–H and O–H groups in total. The highest BCUT2D eigenvalue weighted by molar-refractivity contribution is 5.46. The first-order chi connectivity index (χ1) is 12.1. The molecule has 0 spiro atoms. The van der Waals surface area contributed by atoms with Gasteiger partial charge in [0.05, 0.1) is 0 Å². The van der Waals surface area contributed by atoms with Gasteiger partial charge in [0.1, 0.15) is 30.5 Å². The zero-order valence-corrected chi connectivity index (χ0v) is 13.4. The summed E-state index contributed by atoms with van der Waals surface area (Å²) < 4.78 is 11.4. The number of rotatable bonds is 6. The van der Waals surface area contributed by atoms with Crippen molar-refractivity contribution in [3.8, 4) is 28.7 Å². The molecule has 0 heterocycles. The zero-order chi connectivity index (χ0) is 17.6. The van der Waals surface area contributed by atoms with E-state index in [4.69, 9.17) is 9.47 Å². The molecule has 3 aromatic carbocycles. The van der Waals surface area contributed by atoms with Crippen LogP contribution in [0.25, 0.3) is 0 Å². The molecule has 5 heteroatoms. The van der Waals surface area contributed by atoms with E-state index in [0.717, 1.165) is 0 Å². The van der Waals surface area contributed by atoms with Crippen LogP contribution in [0.15, 0.2) is 66.7 Å². The topological polar surface area (TPSA) is 79.2 Å². The first-order valence-electron chi connectivity index (χ1n) is 7.76. The largest absolute Gasteiger partial charge is 0.508 e. The van der Waals surface area contributed by atoms with Crippen LogP contribution in [0.3, 0.4) is 0 Å². The molecule has 0 radical (unpaired) electrons. The minimum absolute atomic E-state index is 0.0437. The van der Waals surface area contributed by atoms with Gasteiger partial charge in [-0.25, -0.2) is 0 Å². The highest BCUT2D eigenvalue weighted by atomic mass is 16.5. The van der Waals surface area contributed by atoms with Crippen LogP contribution in [0.2, 0.25) is 0 Å². The number of aromatic hydroxyl groups is 3. The molecule has 0 saturated heterocycles. The Morgan fingerprint density at radius 1 is 0.600 bits per heavy atom. The summed E-state index contributed by atoms with van der Waals surface area (Å²) in [5, 5.41) is 29.3. The number of phenolic OH excluding ortho intramolecular Hbond substituents is 3. The van der Waals surface area contributed by atoms with Gasteiger partial charge in [0, 0.05) is 17.2 Å². The fourth-order valence-electron chi connectivity index (χ4n) is 2.31. The van der Waals surface area contributed by atoms with Crippen molar-refractivity contribution >= 4 is 0 Å². The maximum absolute atomic E-state index is 9.81. The summed E-state index contributed by atoms with van der Waals surface area (Å²) in [6.45, 7) is 0.285. The molecule has 0 unspecified atom stereocenters. The average molecular weight is 338 g/mol. The number of hydrogen-bond donors (Lipinski definition) is 3. The molecule has 0 aliphatic heterocycles. The Hall–Kier alpha value is -3.34. The van der Waals surface area contributed by atoms with Crippen LogP contribution >= 0.6 is 0 Å². The number of para-hydroxylation sites is 2. The van der Waals surface area contributed by atoms with E-state index in [9.17, 15) is 15.3 Å². The molecule has 0 bridgehead atoms. The maximum atomic E-state index is 9.81. The highest BCUT2D eigenvalue weighted by Gasteiger charge is 2.10. The van der Waals surface area contributed by atoms with Crippen LogP contribution in [0.5, 0.6) is 28.7 Å². The lowest BCUT2D eigenvalue weighted by molar-refractivity contribution is 0.250. The van der Waals surface area contributed by atoms with Crippen LogP contribution in [0.4, 0.5) is 0 Å². The van der Waals surface area contributed by atoms with Crippen LogP contribution < -0.4 is 9.47 Å². The lowest BCUT2D eigenvalue weighted by atomic mass is 10.2. The third-order valence-electron chi connectivity index (χ3n) is 3.68. The molecule has 3 rings (SSSR count). The predicted octanol–water partition coefficient (Wildman–Crippen LogP) is 3.96. The third-order valence-corrected chi connectivity index (χ3v) is 3.68. The number of ether oxygens (including phenoxy) is 2. The standard InChI is InChI=1S/C20H18O5/c21-16-9-10-19(24-12-14-5-1-3-7-17(14)22)20(11-16)25-13-15-6-2-4-8-18(15)23/h1-11,21-23H,12-13H2. The van der Waals surface area contributed by atoms with Gasteiger partial charge >= 0.3 is 0 Å². The van der Waals surface area contributed by atoms with Gasteiger partial charge in [0.25, 0.3) is 0 Å². The molecule has 0 amide bonds. The molecular weight excluding hydrogens is 320 g/mol. The van der Waals surface area contributed by atoms with Gasteiger partial charge in [-0.1, -0.05) is 36.4 Å². The lowest BCUT2D eigenvalue weighted by Crippen LogP contribution is -2.01. The molecule has 0 aliphatic rings. The monoisotopic (exact) mass is 338 g/mol. The van der Waals surface area contributed by atoms with E-state index in [1.807, 2.05) is 6.07 Å². The number of benzene rings is 3. The number of phenols is 3. The summed E-state index contributed by atoms with van der Waals surface area (Å²) >= 11 is 0. The summed E-state index contributed by atoms with van der Waals surface area (Å²) in [6.07, 6.45) is 0. The quantitative estimate of drug-likeness (QED) is 0.634. The van der Waals surface area contributed by atoms with Gasteiger partial charge in [-0.15, -0.1) is 0 Å². The SMILES string of the molecule is Oc1ccc(OCc2ccccc2O)c(OCc2ccccc2O)c1. The maximum Gasteiger partial charge on any atom is 0.165 e. The van der Waals surface area contributed by atoms with Gasteiger partial charge in [-0.2, -0.15) is 0 Å². The van der Waals surface area contributed by atoms with Crippen LogP contribution in [0, 0.1) is 0 Å². The van der Waals surface area contributed by atoms with Gasteiger partial charge in [-0.3, -0.25) is 0 Å². The number of hydrogen-bond acceptors (Lipinski definition) is 5. The van der Waals surface area contributed by atoms with E-state index in [-0.39, 0.29) is 30.5 Å². The van der Waals surface area contributed by atoms with E-state index in [1.54, 1.807) is 48.5 Å². The van der Waals surface area contributed by atoms with Crippen molar-refractivity contribution in [1.29, 1.82) is 0 Å². The zero-order valence-electron chi connectivity index (χ0n) is 13.4. The van der Waals surface area contributed by atoms with Gasteiger partial charge in [0.15, 0.2) is 11.5 Å². The molecule has 0 aliphatic carbocycles. The first kappa shape index (κ1) is 16.5. The fraction of sp³-hybridized carbons (Fsp3) is 0.100. The Morgan fingerprint density at radius 2 is 1.12 bits per heavy atom. The van der Waals surface area contributed by atoms with Crippen molar-refractivity contribution in [2.24, 2.45) is 0 Å². The van der Waals surface area contributed by atoms with E-state index in [1.165, 1.54) is 12.1 Å². The summed E-state index contributed by atoms with van der Waals surface area (Å²) in [7, 11) is 0. The Labute approximate surface area is 145 Å². The smallest absolute Gasteiger partial charge is 0.165 e. The Kier molecular flexibility index (Phi) is 4.95. The van der Waals surface area contributed by atoms with E-state index >= 15 is 0 Å². The summed E-state index contributed by atoms with van der Waals surface area (Å²) in [5.41, 5.74) is 1.26. The average Bonchev–Trinajstić information content (AvgIpc) is 2.61. The van der Waals surface area contributed by atoms with Crippen LogP contribution in [-0.4, -0.2) is 15.3 Å². The molecule has 25 heavy (non-hydrogen) atoms. The molecule has 3 aromatic rings. The van der Waals surface area contributed by atoms with Crippen LogP contribution in [-0.2, 0) is 13.2 Å². The molecular formula is C20H18O5. The van der Waals surface area contributed by atoms with Crippen molar-refractivity contribution in [3.05, 3.63) is 77.9 Å². The molecule has 0 aromatic heterocycles. The molecule has 0 atom stereocenters. The fourth-order valence-corrected chi connectivity index (χ4v) is 2.31. The Morgan fingerprint density at radius 3 is 1.68 bits per heavy atom. The Bertz CT molecular complexity index is 860.